The van der Waals surface area contributed by atoms with Crippen molar-refractivity contribution in [3.63, 3.8) is 0 Å². The molecule has 118 valence electrons. The average Bonchev–Trinajstić information content (AvgIpc) is 3.29. The Morgan fingerprint density at radius 3 is 2.73 bits per heavy atom. The number of hydrogen-bond donors (Lipinski definition) is 1. The Hall–Kier alpha value is -2.64. The van der Waals surface area contributed by atoms with Crippen LogP contribution in [0.25, 0.3) is 0 Å². The maximum Gasteiger partial charge on any atom is 0.344 e. The molecule has 1 fully saturated rings. The molecule has 0 aliphatic heterocycles. The van der Waals surface area contributed by atoms with Crippen LogP contribution in [-0.4, -0.2) is 35.6 Å². The highest BCUT2D eigenvalue weighted by atomic mass is 16.6. The van der Waals surface area contributed by atoms with Gasteiger partial charge < -0.3 is 14.8 Å². The standard InChI is InChI=1S/C14H16N2O6/c1-9(14(18)15-10-6-7-10)22-13(17)8-21-12-5-3-2-4-11(12)16(19)20/h2-5,9-10H,6-8H2,1H3,(H,15,18). The Balaban J connectivity index is 1.82. The topological polar surface area (TPSA) is 108 Å². The first kappa shape index (κ1) is 15.7. The lowest BCUT2D eigenvalue weighted by molar-refractivity contribution is -0.385. The smallest absolute Gasteiger partial charge is 0.344 e. The van der Waals surface area contributed by atoms with Crippen LogP contribution in [-0.2, 0) is 14.3 Å². The Kier molecular flexibility index (Phi) is 4.92. The van der Waals surface area contributed by atoms with Gasteiger partial charge in [-0.2, -0.15) is 0 Å². The lowest BCUT2D eigenvalue weighted by Crippen LogP contribution is -2.37. The second kappa shape index (κ2) is 6.88. The van der Waals surface area contributed by atoms with Crippen LogP contribution >= 0.6 is 0 Å². The van der Waals surface area contributed by atoms with Crippen molar-refractivity contribution in [2.45, 2.75) is 31.9 Å². The maximum atomic E-state index is 11.6. The van der Waals surface area contributed by atoms with Crippen LogP contribution in [0.5, 0.6) is 5.75 Å². The monoisotopic (exact) mass is 308 g/mol. The molecule has 0 aromatic heterocycles. The van der Waals surface area contributed by atoms with Gasteiger partial charge in [0.15, 0.2) is 18.5 Å². The first-order valence-corrected chi connectivity index (χ1v) is 6.83. The van der Waals surface area contributed by atoms with E-state index in [0.29, 0.717) is 0 Å². The predicted molar refractivity (Wildman–Crippen MR) is 75.3 cm³/mol. The molecule has 1 aliphatic carbocycles. The molecule has 8 nitrogen and oxygen atoms in total. The van der Waals surface area contributed by atoms with Gasteiger partial charge in [-0.15, -0.1) is 0 Å². The Bertz CT molecular complexity index is 584. The molecule has 2 rings (SSSR count). The van der Waals surface area contributed by atoms with Crippen molar-refractivity contribution in [1.82, 2.24) is 5.32 Å². The molecular weight excluding hydrogens is 292 g/mol. The molecule has 1 amide bonds. The van der Waals surface area contributed by atoms with Crippen LogP contribution in [0.15, 0.2) is 24.3 Å². The second-order valence-corrected chi connectivity index (χ2v) is 4.93. The predicted octanol–water partition coefficient (Wildman–Crippen LogP) is 1.18. The van der Waals surface area contributed by atoms with Crippen LogP contribution in [0.3, 0.4) is 0 Å². The van der Waals surface area contributed by atoms with Gasteiger partial charge in [-0.3, -0.25) is 14.9 Å². The van der Waals surface area contributed by atoms with Gasteiger partial charge in [-0.25, -0.2) is 4.79 Å². The largest absolute Gasteiger partial charge is 0.475 e. The van der Waals surface area contributed by atoms with Crippen molar-refractivity contribution in [3.05, 3.63) is 34.4 Å². The molecular formula is C14H16N2O6. The number of benzene rings is 1. The van der Waals surface area contributed by atoms with E-state index in [1.54, 1.807) is 6.07 Å². The number of ether oxygens (including phenoxy) is 2. The van der Waals surface area contributed by atoms with Gasteiger partial charge in [0, 0.05) is 12.1 Å². The molecule has 1 unspecified atom stereocenters. The van der Waals surface area contributed by atoms with E-state index in [-0.39, 0.29) is 23.4 Å². The molecule has 1 atom stereocenters. The normalized spacial score (nSPS) is 14.8. The third-order valence-corrected chi connectivity index (χ3v) is 3.01. The minimum Gasteiger partial charge on any atom is -0.475 e. The summed E-state index contributed by atoms with van der Waals surface area (Å²) < 4.78 is 10.0. The molecule has 1 aromatic carbocycles. The summed E-state index contributed by atoms with van der Waals surface area (Å²) in [5.41, 5.74) is -0.241. The molecule has 1 aliphatic rings. The molecule has 0 spiro atoms. The van der Waals surface area contributed by atoms with Gasteiger partial charge in [0.2, 0.25) is 0 Å². The van der Waals surface area contributed by atoms with Gasteiger partial charge in [0.05, 0.1) is 4.92 Å². The van der Waals surface area contributed by atoms with Crippen LogP contribution in [0.2, 0.25) is 0 Å². The number of esters is 1. The van der Waals surface area contributed by atoms with Crippen LogP contribution in [0.1, 0.15) is 19.8 Å². The highest BCUT2D eigenvalue weighted by Gasteiger charge is 2.27. The number of rotatable bonds is 7. The van der Waals surface area contributed by atoms with E-state index in [1.807, 2.05) is 0 Å². The number of nitro benzene ring substituents is 1. The Morgan fingerprint density at radius 2 is 2.09 bits per heavy atom. The molecule has 0 bridgehead atoms. The molecule has 1 N–H and O–H groups in total. The highest BCUT2D eigenvalue weighted by Crippen LogP contribution is 2.25. The summed E-state index contributed by atoms with van der Waals surface area (Å²) in [6.07, 6.45) is 0.947. The van der Waals surface area contributed by atoms with E-state index in [0.717, 1.165) is 12.8 Å². The van der Waals surface area contributed by atoms with Gasteiger partial charge in [-0.1, -0.05) is 12.1 Å². The van der Waals surface area contributed by atoms with Crippen molar-refractivity contribution in [2.24, 2.45) is 0 Å². The maximum absolute atomic E-state index is 11.6. The second-order valence-electron chi connectivity index (χ2n) is 4.93. The minimum absolute atomic E-state index is 0.0282. The van der Waals surface area contributed by atoms with Crippen molar-refractivity contribution < 1.29 is 24.0 Å². The Morgan fingerprint density at radius 1 is 1.41 bits per heavy atom. The van der Waals surface area contributed by atoms with Crippen molar-refractivity contribution in [3.8, 4) is 5.75 Å². The van der Waals surface area contributed by atoms with E-state index < -0.39 is 23.6 Å². The fourth-order valence-electron chi connectivity index (χ4n) is 1.70. The number of para-hydroxylation sites is 2. The summed E-state index contributed by atoms with van der Waals surface area (Å²) in [6.45, 7) is 0.951. The summed E-state index contributed by atoms with van der Waals surface area (Å²) in [6, 6.07) is 5.88. The molecule has 0 saturated heterocycles. The summed E-state index contributed by atoms with van der Waals surface area (Å²) in [4.78, 5) is 33.4. The number of nitro groups is 1. The number of hydrogen-bond acceptors (Lipinski definition) is 6. The summed E-state index contributed by atoms with van der Waals surface area (Å²) in [5.74, 6) is -1.15. The zero-order valence-electron chi connectivity index (χ0n) is 12.0. The summed E-state index contributed by atoms with van der Waals surface area (Å²) in [7, 11) is 0. The van der Waals surface area contributed by atoms with Crippen LogP contribution in [0.4, 0.5) is 5.69 Å². The minimum atomic E-state index is -0.928. The summed E-state index contributed by atoms with van der Waals surface area (Å²) in [5, 5.41) is 13.5. The fourth-order valence-corrected chi connectivity index (χ4v) is 1.70. The lowest BCUT2D eigenvalue weighted by atomic mass is 10.3. The van der Waals surface area contributed by atoms with Crippen molar-refractivity contribution >= 4 is 17.6 Å². The number of carbonyl (C=O) groups is 2. The zero-order valence-corrected chi connectivity index (χ0v) is 12.0. The van der Waals surface area contributed by atoms with Crippen LogP contribution < -0.4 is 10.1 Å². The third kappa shape index (κ3) is 4.44. The molecule has 1 saturated carbocycles. The number of amides is 1. The van der Waals surface area contributed by atoms with E-state index in [1.165, 1.54) is 25.1 Å². The quantitative estimate of drug-likeness (QED) is 0.460. The van der Waals surface area contributed by atoms with E-state index in [2.05, 4.69) is 5.32 Å². The van der Waals surface area contributed by atoms with Gasteiger partial charge >= 0.3 is 11.7 Å². The average molecular weight is 308 g/mol. The molecule has 0 radical (unpaired) electrons. The number of carbonyl (C=O) groups excluding carboxylic acids is 2. The van der Waals surface area contributed by atoms with Gasteiger partial charge in [0.25, 0.3) is 5.91 Å². The lowest BCUT2D eigenvalue weighted by Gasteiger charge is -2.13. The third-order valence-electron chi connectivity index (χ3n) is 3.01. The number of nitrogens with zero attached hydrogens (tertiary/aromatic N) is 1. The van der Waals surface area contributed by atoms with E-state index >= 15 is 0 Å². The van der Waals surface area contributed by atoms with E-state index in [9.17, 15) is 19.7 Å². The molecule has 1 aromatic rings. The first-order valence-electron chi connectivity index (χ1n) is 6.83. The zero-order chi connectivity index (χ0) is 16.1. The summed E-state index contributed by atoms with van der Waals surface area (Å²) >= 11 is 0. The van der Waals surface area contributed by atoms with Crippen molar-refractivity contribution in [2.75, 3.05) is 6.61 Å². The van der Waals surface area contributed by atoms with Gasteiger partial charge in [-0.05, 0) is 25.8 Å². The molecule has 22 heavy (non-hydrogen) atoms. The molecule has 8 heteroatoms. The molecule has 0 heterocycles. The SMILES string of the molecule is CC(OC(=O)COc1ccccc1[N+](=O)[O-])C(=O)NC1CC1. The fraction of sp³-hybridized carbons (Fsp3) is 0.429. The van der Waals surface area contributed by atoms with Crippen LogP contribution in [0, 0.1) is 10.1 Å². The highest BCUT2D eigenvalue weighted by molar-refractivity contribution is 5.84. The van der Waals surface area contributed by atoms with Crippen molar-refractivity contribution in [1.29, 1.82) is 0 Å². The van der Waals surface area contributed by atoms with E-state index in [4.69, 9.17) is 9.47 Å². The number of nitrogens with one attached hydrogen (secondary N) is 1. The Labute approximate surface area is 126 Å². The first-order chi connectivity index (χ1) is 10.5. The van der Waals surface area contributed by atoms with Gasteiger partial charge in [0.1, 0.15) is 0 Å².